The summed E-state index contributed by atoms with van der Waals surface area (Å²) in [5, 5.41) is 0. The summed E-state index contributed by atoms with van der Waals surface area (Å²) >= 11 is 0. The Kier molecular flexibility index (Phi) is 5.02. The van der Waals surface area contributed by atoms with Gasteiger partial charge in [0.25, 0.3) is 5.78 Å². The molecule has 1 saturated heterocycles. The summed E-state index contributed by atoms with van der Waals surface area (Å²) in [5.74, 6) is -1.02. The maximum absolute atomic E-state index is 13.0. The standard InChI is InChI=1S/C21H23N3O4S/c1-15-7-8-17(13-16(15)2)29(27,28)23-11-9-22(10-12-23)14-24-19-6-4-3-5-18(19)20(25)21(24)26/h3-8,13H,9-12,14H2,1-2H3. The maximum atomic E-state index is 13.0. The van der Waals surface area contributed by atoms with Crippen molar-refractivity contribution in [1.29, 1.82) is 0 Å². The molecule has 0 N–H and O–H groups in total. The van der Waals surface area contributed by atoms with Crippen LogP contribution in [0.1, 0.15) is 21.5 Å². The Labute approximate surface area is 170 Å². The third-order valence-electron chi connectivity index (χ3n) is 5.67. The number of hydrogen-bond donors (Lipinski definition) is 0. The molecule has 1 amide bonds. The third kappa shape index (κ3) is 3.48. The zero-order valence-corrected chi connectivity index (χ0v) is 17.3. The molecule has 2 aromatic carbocycles. The molecule has 8 heteroatoms. The summed E-state index contributed by atoms with van der Waals surface area (Å²) in [6, 6.07) is 12.1. The van der Waals surface area contributed by atoms with Gasteiger partial charge in [0, 0.05) is 26.2 Å². The molecule has 0 atom stereocenters. The zero-order chi connectivity index (χ0) is 20.8. The van der Waals surface area contributed by atoms with E-state index in [0.717, 1.165) is 11.1 Å². The molecule has 4 rings (SSSR count). The van der Waals surface area contributed by atoms with Crippen molar-refractivity contribution in [3.8, 4) is 0 Å². The van der Waals surface area contributed by atoms with Gasteiger partial charge in [0.15, 0.2) is 0 Å². The molecule has 0 saturated carbocycles. The molecule has 0 spiro atoms. The van der Waals surface area contributed by atoms with Crippen LogP contribution in [-0.4, -0.2) is 62.2 Å². The largest absolute Gasteiger partial charge is 0.300 e. The first-order valence-corrected chi connectivity index (χ1v) is 11.0. The van der Waals surface area contributed by atoms with Crippen molar-refractivity contribution in [2.75, 3.05) is 37.7 Å². The minimum Gasteiger partial charge on any atom is -0.291 e. The molecule has 0 bridgehead atoms. The molecular weight excluding hydrogens is 390 g/mol. The van der Waals surface area contributed by atoms with Crippen LogP contribution < -0.4 is 4.90 Å². The monoisotopic (exact) mass is 413 g/mol. The lowest BCUT2D eigenvalue weighted by Crippen LogP contribution is -2.52. The molecule has 0 aromatic heterocycles. The number of hydrogen-bond acceptors (Lipinski definition) is 5. The van der Waals surface area contributed by atoms with Crippen LogP contribution in [0.2, 0.25) is 0 Å². The van der Waals surface area contributed by atoms with Gasteiger partial charge in [-0.2, -0.15) is 4.31 Å². The van der Waals surface area contributed by atoms with Gasteiger partial charge in [-0.15, -0.1) is 0 Å². The van der Waals surface area contributed by atoms with Gasteiger partial charge in [-0.05, 0) is 49.2 Å². The van der Waals surface area contributed by atoms with Crippen molar-refractivity contribution in [3.05, 3.63) is 59.2 Å². The highest BCUT2D eigenvalue weighted by atomic mass is 32.2. The number of aryl methyl sites for hydroxylation is 2. The van der Waals surface area contributed by atoms with Gasteiger partial charge in [0.1, 0.15) is 0 Å². The fourth-order valence-electron chi connectivity index (χ4n) is 3.72. The van der Waals surface area contributed by atoms with Gasteiger partial charge in [-0.25, -0.2) is 8.42 Å². The van der Waals surface area contributed by atoms with E-state index >= 15 is 0 Å². The van der Waals surface area contributed by atoms with E-state index in [1.807, 2.05) is 24.8 Å². The number of sulfonamides is 1. The van der Waals surface area contributed by atoms with Gasteiger partial charge < -0.3 is 0 Å². The Hall–Kier alpha value is -2.55. The molecule has 2 aromatic rings. The van der Waals surface area contributed by atoms with Crippen LogP contribution in [0.3, 0.4) is 0 Å². The summed E-state index contributed by atoms with van der Waals surface area (Å²) in [5.41, 5.74) is 3.04. The topological polar surface area (TPSA) is 78.0 Å². The SMILES string of the molecule is Cc1ccc(S(=O)(=O)N2CCN(CN3C(=O)C(=O)c4ccccc43)CC2)cc1C. The Balaban J connectivity index is 1.44. The number of benzene rings is 2. The lowest BCUT2D eigenvalue weighted by atomic mass is 10.1. The van der Waals surface area contributed by atoms with E-state index in [4.69, 9.17) is 0 Å². The highest BCUT2D eigenvalue weighted by Gasteiger charge is 2.37. The number of carbonyl (C=O) groups excluding carboxylic acids is 2. The third-order valence-corrected chi connectivity index (χ3v) is 7.56. The van der Waals surface area contributed by atoms with Crippen LogP contribution in [0.15, 0.2) is 47.4 Å². The fraction of sp³-hybridized carbons (Fsp3) is 0.333. The van der Waals surface area contributed by atoms with Crippen LogP contribution in [-0.2, 0) is 14.8 Å². The summed E-state index contributed by atoms with van der Waals surface area (Å²) in [4.78, 5) is 28.3. The number of rotatable bonds is 4. The van der Waals surface area contributed by atoms with Crippen molar-refractivity contribution in [2.45, 2.75) is 18.7 Å². The van der Waals surface area contributed by atoms with E-state index in [1.165, 1.54) is 9.21 Å². The van der Waals surface area contributed by atoms with Crippen LogP contribution in [0.5, 0.6) is 0 Å². The van der Waals surface area contributed by atoms with Gasteiger partial charge in [0.2, 0.25) is 10.0 Å². The van der Waals surface area contributed by atoms with Crippen LogP contribution in [0.4, 0.5) is 5.69 Å². The lowest BCUT2D eigenvalue weighted by Gasteiger charge is -2.35. The lowest BCUT2D eigenvalue weighted by molar-refractivity contribution is -0.114. The Morgan fingerprint density at radius 2 is 1.59 bits per heavy atom. The van der Waals surface area contributed by atoms with Crippen LogP contribution >= 0.6 is 0 Å². The first-order chi connectivity index (χ1) is 13.8. The van der Waals surface area contributed by atoms with Crippen molar-refractivity contribution in [2.24, 2.45) is 0 Å². The number of Topliss-reactive ketones (excluding diaryl/α,β-unsaturated/α-hetero) is 1. The maximum Gasteiger partial charge on any atom is 0.300 e. The van der Waals surface area contributed by atoms with Crippen LogP contribution in [0, 0.1) is 13.8 Å². The molecule has 29 heavy (non-hydrogen) atoms. The molecule has 1 fully saturated rings. The average Bonchev–Trinajstić information content (AvgIpc) is 2.95. The summed E-state index contributed by atoms with van der Waals surface area (Å²) < 4.78 is 27.4. The first kappa shape index (κ1) is 19.8. The second-order valence-electron chi connectivity index (χ2n) is 7.49. The smallest absolute Gasteiger partial charge is 0.291 e. The van der Waals surface area contributed by atoms with Gasteiger partial charge in [0.05, 0.1) is 22.8 Å². The van der Waals surface area contributed by atoms with E-state index in [2.05, 4.69) is 0 Å². The van der Waals surface area contributed by atoms with Gasteiger partial charge in [-0.3, -0.25) is 19.4 Å². The average molecular weight is 413 g/mol. The quantitative estimate of drug-likeness (QED) is 0.715. The predicted molar refractivity (Wildman–Crippen MR) is 109 cm³/mol. The van der Waals surface area contributed by atoms with Gasteiger partial charge >= 0.3 is 5.91 Å². The molecule has 0 aliphatic carbocycles. The zero-order valence-electron chi connectivity index (χ0n) is 16.5. The number of anilines is 1. The van der Waals surface area contributed by atoms with E-state index < -0.39 is 21.7 Å². The molecule has 2 aliphatic heterocycles. The number of ketones is 1. The van der Waals surface area contributed by atoms with E-state index in [1.54, 1.807) is 36.4 Å². The summed E-state index contributed by atoms with van der Waals surface area (Å²) in [6.07, 6.45) is 0. The molecule has 2 aliphatic rings. The molecule has 2 heterocycles. The molecule has 7 nitrogen and oxygen atoms in total. The number of amides is 1. The van der Waals surface area contributed by atoms with E-state index in [9.17, 15) is 18.0 Å². The second-order valence-corrected chi connectivity index (χ2v) is 9.43. The number of nitrogens with zero attached hydrogens (tertiary/aromatic N) is 3. The Morgan fingerprint density at radius 3 is 2.28 bits per heavy atom. The number of piperazine rings is 1. The second kappa shape index (κ2) is 7.37. The number of para-hydroxylation sites is 1. The minimum absolute atomic E-state index is 0.277. The van der Waals surface area contributed by atoms with E-state index in [0.29, 0.717) is 42.3 Å². The Morgan fingerprint density at radius 1 is 0.897 bits per heavy atom. The van der Waals surface area contributed by atoms with Crippen molar-refractivity contribution in [3.63, 3.8) is 0 Å². The Bertz CT molecular complexity index is 1090. The molecular formula is C21H23N3O4S. The number of fused-ring (bicyclic) bond motifs is 1. The minimum atomic E-state index is -3.55. The molecule has 0 unspecified atom stereocenters. The normalized spacial score (nSPS) is 18.3. The summed E-state index contributed by atoms with van der Waals surface area (Å²) in [7, 11) is -3.55. The number of carbonyl (C=O) groups is 2. The van der Waals surface area contributed by atoms with Crippen molar-refractivity contribution in [1.82, 2.24) is 9.21 Å². The van der Waals surface area contributed by atoms with E-state index in [-0.39, 0.29) is 6.67 Å². The van der Waals surface area contributed by atoms with Crippen molar-refractivity contribution >= 4 is 27.4 Å². The van der Waals surface area contributed by atoms with Crippen LogP contribution in [0.25, 0.3) is 0 Å². The predicted octanol–water partition coefficient (Wildman–Crippen LogP) is 1.80. The fourth-order valence-corrected chi connectivity index (χ4v) is 5.23. The molecule has 152 valence electrons. The highest BCUT2D eigenvalue weighted by molar-refractivity contribution is 7.89. The molecule has 0 radical (unpaired) electrons. The first-order valence-electron chi connectivity index (χ1n) is 9.54. The van der Waals surface area contributed by atoms with Gasteiger partial charge in [-0.1, -0.05) is 18.2 Å². The van der Waals surface area contributed by atoms with Crippen molar-refractivity contribution < 1.29 is 18.0 Å². The highest BCUT2D eigenvalue weighted by Crippen LogP contribution is 2.29. The summed E-state index contributed by atoms with van der Waals surface area (Å²) in [6.45, 7) is 5.79.